The Kier molecular flexibility index (Phi) is 11.3. The van der Waals surface area contributed by atoms with Gasteiger partial charge in [0.25, 0.3) is 5.56 Å². The van der Waals surface area contributed by atoms with Crippen LogP contribution in [0.4, 0.5) is 13.2 Å². The summed E-state index contributed by atoms with van der Waals surface area (Å²) in [5.41, 5.74) is 5.48. The number of pyridine rings is 1. The minimum Gasteiger partial charge on any atom is -0.481 e. The third kappa shape index (κ3) is 8.17. The van der Waals surface area contributed by atoms with Gasteiger partial charge >= 0.3 is 12.1 Å². The fraction of sp³-hybridized carbons (Fsp3) is 0.525. The van der Waals surface area contributed by atoms with Crippen molar-refractivity contribution in [1.82, 2.24) is 14.8 Å². The quantitative estimate of drug-likeness (QED) is 0.212. The molecular formula is C40H50F3N3O4. The lowest BCUT2D eigenvalue weighted by atomic mass is 9.86. The number of halogens is 3. The van der Waals surface area contributed by atoms with Gasteiger partial charge in [0.1, 0.15) is 6.04 Å². The maximum Gasteiger partial charge on any atom is 0.416 e. The van der Waals surface area contributed by atoms with Crippen LogP contribution in [0.5, 0.6) is 0 Å². The zero-order chi connectivity index (χ0) is 36.5. The number of rotatable bonds is 11. The van der Waals surface area contributed by atoms with Gasteiger partial charge < -0.3 is 19.9 Å². The molecular weight excluding hydrogens is 643 g/mol. The smallest absolute Gasteiger partial charge is 0.416 e. The second-order valence-corrected chi connectivity index (χ2v) is 14.9. The number of carboxylic acid groups (broad SMARTS) is 1. The maximum absolute atomic E-state index is 14.4. The molecule has 7 nitrogen and oxygen atoms in total. The van der Waals surface area contributed by atoms with Gasteiger partial charge in [0.05, 0.1) is 18.0 Å². The van der Waals surface area contributed by atoms with Crippen LogP contribution in [0.3, 0.4) is 0 Å². The molecule has 1 aliphatic carbocycles. The SMILES string of the molecule is Cc1cccc(C)c1-c1cc([C@@H](CC(=O)O)NC(=O)[C@@H](CC(C)C)n2cc(C3CCN(C(C)C)CC3)c(C(F)(F)F)cc2=O)cc2c1CCC2. The van der Waals surface area contributed by atoms with Gasteiger partial charge in [-0.3, -0.25) is 14.4 Å². The molecule has 1 saturated heterocycles. The van der Waals surface area contributed by atoms with Crippen LogP contribution in [0.25, 0.3) is 11.1 Å². The van der Waals surface area contributed by atoms with Crippen LogP contribution in [0, 0.1) is 19.8 Å². The van der Waals surface area contributed by atoms with Crippen molar-refractivity contribution < 1.29 is 27.9 Å². The number of carbonyl (C=O) groups is 2. The molecule has 10 heteroatoms. The van der Waals surface area contributed by atoms with E-state index in [2.05, 4.69) is 24.1 Å². The van der Waals surface area contributed by atoms with Gasteiger partial charge in [0.15, 0.2) is 0 Å². The lowest BCUT2D eigenvalue weighted by Crippen LogP contribution is -2.41. The number of hydrogen-bond acceptors (Lipinski definition) is 4. The van der Waals surface area contributed by atoms with Crippen molar-refractivity contribution in [2.75, 3.05) is 13.1 Å². The van der Waals surface area contributed by atoms with Crippen LogP contribution in [0.15, 0.2) is 47.4 Å². The van der Waals surface area contributed by atoms with Crippen molar-refractivity contribution in [3.63, 3.8) is 0 Å². The minimum absolute atomic E-state index is 0.0287. The summed E-state index contributed by atoms with van der Waals surface area (Å²) in [4.78, 5) is 42.2. The van der Waals surface area contributed by atoms with Gasteiger partial charge in [0, 0.05) is 18.3 Å². The number of aryl methyl sites for hydroxylation is 3. The number of carboxylic acids is 1. The van der Waals surface area contributed by atoms with E-state index in [4.69, 9.17) is 0 Å². The highest BCUT2D eigenvalue weighted by Crippen LogP contribution is 2.40. The number of benzene rings is 2. The van der Waals surface area contributed by atoms with E-state index < -0.39 is 53.6 Å². The number of piperidine rings is 1. The van der Waals surface area contributed by atoms with Gasteiger partial charge in [-0.25, -0.2) is 0 Å². The number of hydrogen-bond donors (Lipinski definition) is 2. The molecule has 2 aromatic carbocycles. The van der Waals surface area contributed by atoms with Gasteiger partial charge in [0.2, 0.25) is 5.91 Å². The number of amides is 1. The summed E-state index contributed by atoms with van der Waals surface area (Å²) in [5.74, 6) is -2.22. The molecule has 0 unspecified atom stereocenters. The van der Waals surface area contributed by atoms with Crippen molar-refractivity contribution >= 4 is 11.9 Å². The van der Waals surface area contributed by atoms with Gasteiger partial charge in [-0.15, -0.1) is 0 Å². The molecule has 0 saturated carbocycles. The molecule has 0 radical (unpaired) electrons. The van der Waals surface area contributed by atoms with Gasteiger partial charge in [-0.1, -0.05) is 38.1 Å². The topological polar surface area (TPSA) is 91.6 Å². The molecule has 1 fully saturated rings. The number of alkyl halides is 3. The summed E-state index contributed by atoms with van der Waals surface area (Å²) in [6, 6.07) is 8.91. The predicted molar refractivity (Wildman–Crippen MR) is 189 cm³/mol. The highest BCUT2D eigenvalue weighted by molar-refractivity contribution is 5.82. The molecule has 2 atom stereocenters. The van der Waals surface area contributed by atoms with Crippen LogP contribution in [0.1, 0.15) is 117 Å². The van der Waals surface area contributed by atoms with Crippen molar-refractivity contribution in [2.45, 2.75) is 117 Å². The molecule has 2 heterocycles. The van der Waals surface area contributed by atoms with Crippen LogP contribution in [-0.4, -0.2) is 45.6 Å². The number of nitrogens with zero attached hydrogens (tertiary/aromatic N) is 2. The molecule has 5 rings (SSSR count). The third-order valence-electron chi connectivity index (χ3n) is 10.5. The molecule has 1 amide bonds. The van der Waals surface area contributed by atoms with E-state index in [-0.39, 0.29) is 23.9 Å². The van der Waals surface area contributed by atoms with Crippen LogP contribution in [-0.2, 0) is 28.6 Å². The molecule has 0 bridgehead atoms. The second kappa shape index (κ2) is 15.1. The molecule has 50 heavy (non-hydrogen) atoms. The zero-order valence-corrected chi connectivity index (χ0v) is 30.0. The molecule has 1 aliphatic heterocycles. The molecule has 1 aromatic heterocycles. The fourth-order valence-electron chi connectivity index (χ4n) is 7.99. The van der Waals surface area contributed by atoms with E-state index in [0.717, 1.165) is 51.6 Å². The number of aliphatic carboxylic acids is 1. The Hall–Kier alpha value is -3.92. The van der Waals surface area contributed by atoms with E-state index in [9.17, 15) is 32.7 Å². The summed E-state index contributed by atoms with van der Waals surface area (Å²) in [7, 11) is 0. The Balaban J connectivity index is 1.56. The van der Waals surface area contributed by atoms with E-state index in [1.807, 2.05) is 58.0 Å². The monoisotopic (exact) mass is 693 g/mol. The van der Waals surface area contributed by atoms with E-state index in [1.54, 1.807) is 0 Å². The first-order valence-corrected chi connectivity index (χ1v) is 17.9. The first-order chi connectivity index (χ1) is 23.5. The Morgan fingerprint density at radius 2 is 1.66 bits per heavy atom. The lowest BCUT2D eigenvalue weighted by Gasteiger charge is -2.36. The number of carbonyl (C=O) groups excluding carboxylic acids is 1. The van der Waals surface area contributed by atoms with E-state index in [1.165, 1.54) is 11.8 Å². The molecule has 0 spiro atoms. The summed E-state index contributed by atoms with van der Waals surface area (Å²) < 4.78 is 44.3. The Morgan fingerprint density at radius 1 is 1.00 bits per heavy atom. The van der Waals surface area contributed by atoms with Crippen LogP contribution in [0.2, 0.25) is 0 Å². The van der Waals surface area contributed by atoms with Gasteiger partial charge in [-0.2, -0.15) is 13.2 Å². The highest BCUT2D eigenvalue weighted by atomic mass is 19.4. The highest BCUT2D eigenvalue weighted by Gasteiger charge is 2.38. The number of fused-ring (bicyclic) bond motifs is 1. The summed E-state index contributed by atoms with van der Waals surface area (Å²) in [6.07, 6.45) is 0.0292. The summed E-state index contributed by atoms with van der Waals surface area (Å²) >= 11 is 0. The number of nitrogens with one attached hydrogen (secondary N) is 1. The first-order valence-electron chi connectivity index (χ1n) is 17.9. The third-order valence-corrected chi connectivity index (χ3v) is 10.5. The largest absolute Gasteiger partial charge is 0.481 e. The van der Waals surface area contributed by atoms with Crippen molar-refractivity contribution in [3.05, 3.63) is 91.9 Å². The maximum atomic E-state index is 14.4. The molecule has 270 valence electrons. The summed E-state index contributed by atoms with van der Waals surface area (Å²) in [6.45, 7) is 13.2. The second-order valence-electron chi connectivity index (χ2n) is 14.9. The fourth-order valence-corrected chi connectivity index (χ4v) is 7.99. The lowest BCUT2D eigenvalue weighted by molar-refractivity contribution is -0.139. The first kappa shape index (κ1) is 37.3. The van der Waals surface area contributed by atoms with Gasteiger partial charge in [-0.05, 0) is 142 Å². The number of likely N-dealkylation sites (tertiary alicyclic amines) is 1. The van der Waals surface area contributed by atoms with Crippen LogP contribution >= 0.6 is 0 Å². The van der Waals surface area contributed by atoms with Crippen LogP contribution < -0.4 is 10.9 Å². The predicted octanol–water partition coefficient (Wildman–Crippen LogP) is 8.15. The zero-order valence-electron chi connectivity index (χ0n) is 30.0. The van der Waals surface area contributed by atoms with E-state index in [0.29, 0.717) is 37.6 Å². The minimum atomic E-state index is -4.73. The van der Waals surface area contributed by atoms with E-state index >= 15 is 0 Å². The Labute approximate surface area is 292 Å². The average molecular weight is 694 g/mol. The molecule has 2 aliphatic rings. The molecule has 2 N–H and O–H groups in total. The van der Waals surface area contributed by atoms with Crippen molar-refractivity contribution in [2.24, 2.45) is 5.92 Å². The average Bonchev–Trinajstić information content (AvgIpc) is 3.51. The molecule has 3 aromatic rings. The van der Waals surface area contributed by atoms with Crippen molar-refractivity contribution in [3.8, 4) is 11.1 Å². The van der Waals surface area contributed by atoms with Crippen molar-refractivity contribution in [1.29, 1.82) is 0 Å². The normalized spacial score (nSPS) is 16.9. The number of aromatic nitrogens is 1. The Morgan fingerprint density at radius 3 is 2.24 bits per heavy atom. The standard InChI is InChI=1S/C40H50F3N3O4/c1-23(2)17-35(46-22-32(33(20-36(46)47)40(41,42)43)27-13-15-45(16-14-27)24(3)4)39(50)44-34(21-37(48)49)29-18-28-11-8-12-30(28)31(19-29)38-25(5)9-7-10-26(38)6/h7,9-10,18-20,22-24,27,34-35H,8,11-17,21H2,1-6H3,(H,44,50)(H,48,49)/t34-,35-/m1/s1. The summed E-state index contributed by atoms with van der Waals surface area (Å²) in [5, 5.41) is 12.9. The Bertz CT molecular complexity index is 1770.